The summed E-state index contributed by atoms with van der Waals surface area (Å²) in [6.07, 6.45) is 1.70. The fourth-order valence-electron chi connectivity index (χ4n) is 3.17. The molecule has 8 nitrogen and oxygen atoms in total. The first-order valence-corrected chi connectivity index (χ1v) is 8.68. The molecule has 2 aromatic rings. The predicted octanol–water partition coefficient (Wildman–Crippen LogP) is 2.06. The molecule has 1 heterocycles. The Morgan fingerprint density at radius 3 is 2.38 bits per heavy atom. The Kier molecular flexibility index (Phi) is 5.01. The standard InChI is InChI=1S/C18H22N4O4/c1-4-25-16(23)18(9-6-10-18)17(24)26-11-14-19-20-21-22(14)15-12(2)7-5-8-13(15)3/h5,7-8H,4,6,9-11H2,1-3H3. The number of benzene rings is 1. The Morgan fingerprint density at radius 1 is 1.15 bits per heavy atom. The lowest BCUT2D eigenvalue weighted by atomic mass is 9.69. The molecule has 1 fully saturated rings. The highest BCUT2D eigenvalue weighted by Gasteiger charge is 2.53. The fourth-order valence-corrected chi connectivity index (χ4v) is 3.17. The van der Waals surface area contributed by atoms with Crippen LogP contribution >= 0.6 is 0 Å². The largest absolute Gasteiger partial charge is 0.465 e. The summed E-state index contributed by atoms with van der Waals surface area (Å²) in [4.78, 5) is 24.7. The van der Waals surface area contributed by atoms with Gasteiger partial charge < -0.3 is 9.47 Å². The molecule has 3 rings (SSSR count). The monoisotopic (exact) mass is 358 g/mol. The summed E-state index contributed by atoms with van der Waals surface area (Å²) < 4.78 is 12.0. The number of carbonyl (C=O) groups is 2. The van der Waals surface area contributed by atoms with Crippen LogP contribution in [0.2, 0.25) is 0 Å². The number of hydrogen-bond acceptors (Lipinski definition) is 7. The first kappa shape index (κ1) is 18.0. The van der Waals surface area contributed by atoms with Gasteiger partial charge in [-0.25, -0.2) is 0 Å². The summed E-state index contributed by atoms with van der Waals surface area (Å²) in [6.45, 7) is 5.77. The average Bonchev–Trinajstić information content (AvgIpc) is 3.00. The molecule has 1 aromatic heterocycles. The van der Waals surface area contributed by atoms with E-state index in [9.17, 15) is 9.59 Å². The minimum atomic E-state index is -1.17. The Bertz CT molecular complexity index is 806. The van der Waals surface area contributed by atoms with Gasteiger partial charge in [-0.05, 0) is 61.6 Å². The summed E-state index contributed by atoms with van der Waals surface area (Å²) in [5.41, 5.74) is 1.69. The molecule has 0 spiro atoms. The molecule has 1 aromatic carbocycles. The third-order valence-corrected chi connectivity index (χ3v) is 4.78. The molecule has 138 valence electrons. The van der Waals surface area contributed by atoms with Crippen LogP contribution < -0.4 is 0 Å². The zero-order valence-electron chi connectivity index (χ0n) is 15.2. The number of aromatic nitrogens is 4. The molecule has 1 aliphatic rings. The lowest BCUT2D eigenvalue weighted by Gasteiger charge is -2.36. The van der Waals surface area contributed by atoms with E-state index < -0.39 is 17.4 Å². The predicted molar refractivity (Wildman–Crippen MR) is 91.3 cm³/mol. The van der Waals surface area contributed by atoms with E-state index in [-0.39, 0.29) is 13.2 Å². The normalized spacial score (nSPS) is 15.2. The van der Waals surface area contributed by atoms with E-state index in [1.54, 1.807) is 11.6 Å². The topological polar surface area (TPSA) is 96.2 Å². The van der Waals surface area contributed by atoms with Gasteiger partial charge >= 0.3 is 11.9 Å². The van der Waals surface area contributed by atoms with Crippen LogP contribution in [0.1, 0.15) is 43.1 Å². The molecule has 0 N–H and O–H groups in total. The van der Waals surface area contributed by atoms with Crippen molar-refractivity contribution in [3.63, 3.8) is 0 Å². The van der Waals surface area contributed by atoms with Crippen molar-refractivity contribution in [2.75, 3.05) is 6.61 Å². The number of para-hydroxylation sites is 1. The molecule has 1 aliphatic carbocycles. The van der Waals surface area contributed by atoms with E-state index in [0.717, 1.165) is 23.2 Å². The molecule has 8 heteroatoms. The fraction of sp³-hybridized carbons (Fsp3) is 0.500. The third kappa shape index (κ3) is 3.07. The molecular weight excluding hydrogens is 336 g/mol. The van der Waals surface area contributed by atoms with Gasteiger partial charge in [0.2, 0.25) is 0 Å². The van der Waals surface area contributed by atoms with Crippen LogP contribution in [0.4, 0.5) is 0 Å². The third-order valence-electron chi connectivity index (χ3n) is 4.78. The van der Waals surface area contributed by atoms with Gasteiger partial charge in [-0.2, -0.15) is 4.68 Å². The minimum absolute atomic E-state index is 0.110. The lowest BCUT2D eigenvalue weighted by molar-refractivity contribution is -0.180. The Balaban J connectivity index is 1.77. The van der Waals surface area contributed by atoms with Crippen molar-refractivity contribution in [1.82, 2.24) is 20.2 Å². The van der Waals surface area contributed by atoms with Crippen LogP contribution in [-0.4, -0.2) is 38.8 Å². The number of tetrazole rings is 1. The highest BCUT2D eigenvalue weighted by molar-refractivity contribution is 6.01. The average molecular weight is 358 g/mol. The van der Waals surface area contributed by atoms with Crippen molar-refractivity contribution in [3.05, 3.63) is 35.2 Å². The summed E-state index contributed by atoms with van der Waals surface area (Å²) in [7, 11) is 0. The molecule has 0 amide bonds. The van der Waals surface area contributed by atoms with Crippen molar-refractivity contribution < 1.29 is 19.1 Å². The Hall–Kier alpha value is -2.77. The summed E-state index contributed by atoms with van der Waals surface area (Å²) in [5.74, 6) is -0.682. The SMILES string of the molecule is CCOC(=O)C1(C(=O)OCc2nnnn2-c2c(C)cccc2C)CCC1. The number of rotatable bonds is 6. The second-order valence-electron chi connectivity index (χ2n) is 6.48. The zero-order chi connectivity index (χ0) is 18.7. The highest BCUT2D eigenvalue weighted by Crippen LogP contribution is 2.43. The summed E-state index contributed by atoms with van der Waals surface area (Å²) in [5, 5.41) is 11.7. The van der Waals surface area contributed by atoms with Gasteiger partial charge in [0.25, 0.3) is 0 Å². The van der Waals surface area contributed by atoms with Gasteiger partial charge in [-0.3, -0.25) is 9.59 Å². The quantitative estimate of drug-likeness (QED) is 0.576. The second kappa shape index (κ2) is 7.23. The maximum absolute atomic E-state index is 12.5. The van der Waals surface area contributed by atoms with Gasteiger partial charge in [-0.15, -0.1) is 5.10 Å². The minimum Gasteiger partial charge on any atom is -0.465 e. The van der Waals surface area contributed by atoms with E-state index in [4.69, 9.17) is 9.47 Å². The van der Waals surface area contributed by atoms with Crippen LogP contribution in [0.5, 0.6) is 0 Å². The highest BCUT2D eigenvalue weighted by atomic mass is 16.6. The van der Waals surface area contributed by atoms with E-state index in [2.05, 4.69) is 15.5 Å². The molecular formula is C18H22N4O4. The first-order chi connectivity index (χ1) is 12.5. The summed E-state index contributed by atoms with van der Waals surface area (Å²) in [6, 6.07) is 5.88. The van der Waals surface area contributed by atoms with Crippen molar-refractivity contribution >= 4 is 11.9 Å². The molecule has 0 unspecified atom stereocenters. The van der Waals surface area contributed by atoms with Gasteiger partial charge in [0.05, 0.1) is 12.3 Å². The Morgan fingerprint density at radius 2 is 1.81 bits per heavy atom. The maximum atomic E-state index is 12.5. The summed E-state index contributed by atoms with van der Waals surface area (Å²) >= 11 is 0. The van der Waals surface area contributed by atoms with Gasteiger partial charge in [0.15, 0.2) is 17.8 Å². The van der Waals surface area contributed by atoms with Crippen molar-refractivity contribution in [2.45, 2.75) is 46.6 Å². The van der Waals surface area contributed by atoms with Crippen LogP contribution in [0.15, 0.2) is 18.2 Å². The van der Waals surface area contributed by atoms with Gasteiger partial charge in [0, 0.05) is 0 Å². The van der Waals surface area contributed by atoms with E-state index >= 15 is 0 Å². The zero-order valence-corrected chi connectivity index (χ0v) is 15.2. The smallest absolute Gasteiger partial charge is 0.323 e. The van der Waals surface area contributed by atoms with Gasteiger partial charge in [-0.1, -0.05) is 18.2 Å². The van der Waals surface area contributed by atoms with Crippen molar-refractivity contribution in [3.8, 4) is 5.69 Å². The molecule has 0 atom stereocenters. The molecule has 1 saturated carbocycles. The maximum Gasteiger partial charge on any atom is 0.323 e. The van der Waals surface area contributed by atoms with E-state index in [1.807, 2.05) is 32.0 Å². The van der Waals surface area contributed by atoms with Crippen molar-refractivity contribution in [1.29, 1.82) is 0 Å². The second-order valence-corrected chi connectivity index (χ2v) is 6.48. The van der Waals surface area contributed by atoms with Crippen molar-refractivity contribution in [2.24, 2.45) is 5.41 Å². The molecule has 26 heavy (non-hydrogen) atoms. The van der Waals surface area contributed by atoms with Crippen LogP contribution in [0.3, 0.4) is 0 Å². The molecule has 0 saturated heterocycles. The number of nitrogens with zero attached hydrogens (tertiary/aromatic N) is 4. The number of carbonyl (C=O) groups excluding carboxylic acids is 2. The molecule has 0 aliphatic heterocycles. The van der Waals surface area contributed by atoms with Crippen LogP contribution in [0.25, 0.3) is 5.69 Å². The number of ether oxygens (including phenoxy) is 2. The van der Waals surface area contributed by atoms with E-state index in [1.165, 1.54) is 0 Å². The number of aryl methyl sites for hydroxylation is 2. The lowest BCUT2D eigenvalue weighted by Crippen LogP contribution is -2.47. The van der Waals surface area contributed by atoms with Gasteiger partial charge in [0.1, 0.15) is 0 Å². The first-order valence-electron chi connectivity index (χ1n) is 8.68. The molecule has 0 radical (unpaired) electrons. The van der Waals surface area contributed by atoms with Crippen LogP contribution in [0, 0.1) is 19.3 Å². The van der Waals surface area contributed by atoms with E-state index in [0.29, 0.717) is 18.7 Å². The Labute approximate surface area is 151 Å². The van der Waals surface area contributed by atoms with Crippen LogP contribution in [-0.2, 0) is 25.7 Å². The number of esters is 2. The number of hydrogen-bond donors (Lipinski definition) is 0. The molecule has 0 bridgehead atoms.